The van der Waals surface area contributed by atoms with Crippen molar-refractivity contribution in [3.63, 3.8) is 0 Å². The zero-order valence-electron chi connectivity index (χ0n) is 17.2. The summed E-state index contributed by atoms with van der Waals surface area (Å²) < 4.78 is 44.6. The summed E-state index contributed by atoms with van der Waals surface area (Å²) in [4.78, 5) is 19.8. The van der Waals surface area contributed by atoms with Gasteiger partial charge in [0.2, 0.25) is 5.96 Å². The number of aliphatic imine (C=N–C) groups is 2. The number of likely N-dealkylation sites (N-methyl/N-ethyl adjacent to an activating group) is 1. The zero-order valence-corrected chi connectivity index (χ0v) is 17.2. The third-order valence-corrected chi connectivity index (χ3v) is 4.88. The van der Waals surface area contributed by atoms with E-state index >= 15 is 0 Å². The molecule has 1 aliphatic rings. The number of ether oxygens (including phenoxy) is 1. The number of rotatable bonds is 6. The first kappa shape index (κ1) is 24.1. The van der Waals surface area contributed by atoms with Crippen molar-refractivity contribution in [3.8, 4) is 5.75 Å². The third kappa shape index (κ3) is 6.41. The van der Waals surface area contributed by atoms with Crippen LogP contribution in [0.2, 0.25) is 0 Å². The van der Waals surface area contributed by atoms with E-state index in [1.165, 1.54) is 6.07 Å². The Labute approximate surface area is 177 Å². The minimum absolute atomic E-state index is 0.0866. The molecule has 1 fully saturated rings. The van der Waals surface area contributed by atoms with Gasteiger partial charge in [-0.3, -0.25) is 10.2 Å². The van der Waals surface area contributed by atoms with E-state index < -0.39 is 29.2 Å². The largest absolute Gasteiger partial charge is 0.496 e. The Morgan fingerprint density at radius 1 is 1.26 bits per heavy atom. The van der Waals surface area contributed by atoms with E-state index in [0.29, 0.717) is 0 Å². The number of guanidine groups is 1. The van der Waals surface area contributed by atoms with Gasteiger partial charge in [0.15, 0.2) is 11.5 Å². The van der Waals surface area contributed by atoms with E-state index in [2.05, 4.69) is 20.6 Å². The maximum atomic E-state index is 13.3. The Hall–Kier alpha value is -3.15. The molecule has 0 aliphatic heterocycles. The van der Waals surface area contributed by atoms with Crippen LogP contribution < -0.4 is 26.8 Å². The molecule has 7 N–H and O–H groups in total. The minimum atomic E-state index is -4.68. The summed E-state index contributed by atoms with van der Waals surface area (Å²) in [5.74, 6) is -2.14. The topological polar surface area (TPSA) is 151 Å². The highest BCUT2D eigenvalue weighted by atomic mass is 19.4. The molecule has 0 unspecified atom stereocenters. The molecule has 170 valence electrons. The molecular weight excluding hydrogens is 415 g/mol. The van der Waals surface area contributed by atoms with Gasteiger partial charge in [0, 0.05) is 11.7 Å². The van der Waals surface area contributed by atoms with Gasteiger partial charge in [0.25, 0.3) is 5.91 Å². The van der Waals surface area contributed by atoms with Gasteiger partial charge >= 0.3 is 6.18 Å². The van der Waals surface area contributed by atoms with Crippen molar-refractivity contribution in [1.29, 1.82) is 5.41 Å². The molecule has 31 heavy (non-hydrogen) atoms. The molecule has 0 aromatic heterocycles. The van der Waals surface area contributed by atoms with Crippen molar-refractivity contribution >= 4 is 29.1 Å². The fraction of sp³-hybridized carbons (Fsp3) is 0.474. The van der Waals surface area contributed by atoms with Gasteiger partial charge in [0.1, 0.15) is 5.75 Å². The standard InChI is InChI=1S/C19H26F3N7O2/c1-26-12-5-3-4-6-13(12)28-18(25)29-17(15(23)16(24)30)27-10-7-8-14(31-2)11(9-10)19(20,21)22/h7-9,12-13,23,26H,3-6H2,1-2H3,(H2,24,30)(H3,25,27,28,29)/t12-,13+/m0/s1. The monoisotopic (exact) mass is 441 g/mol. The Morgan fingerprint density at radius 3 is 2.52 bits per heavy atom. The number of primary amides is 1. The van der Waals surface area contributed by atoms with Gasteiger partial charge in [-0.05, 0) is 38.1 Å². The van der Waals surface area contributed by atoms with Crippen molar-refractivity contribution in [2.75, 3.05) is 19.5 Å². The number of carbonyl (C=O) groups excluding carboxylic acids is 1. The zero-order chi connectivity index (χ0) is 23.2. The second-order valence-corrected chi connectivity index (χ2v) is 6.97. The van der Waals surface area contributed by atoms with Crippen molar-refractivity contribution in [2.24, 2.45) is 21.5 Å². The number of hydrogen-bond acceptors (Lipinski definition) is 5. The smallest absolute Gasteiger partial charge is 0.420 e. The Kier molecular flexibility index (Phi) is 7.97. The second kappa shape index (κ2) is 10.2. The van der Waals surface area contributed by atoms with Crippen molar-refractivity contribution < 1.29 is 22.7 Å². The van der Waals surface area contributed by atoms with Gasteiger partial charge in [-0.15, -0.1) is 0 Å². The van der Waals surface area contributed by atoms with Gasteiger partial charge in [-0.1, -0.05) is 12.8 Å². The molecule has 0 spiro atoms. The van der Waals surface area contributed by atoms with Crippen LogP contribution in [0.5, 0.6) is 5.75 Å². The van der Waals surface area contributed by atoms with E-state index in [1.807, 2.05) is 7.05 Å². The predicted molar refractivity (Wildman–Crippen MR) is 113 cm³/mol. The van der Waals surface area contributed by atoms with E-state index in [-0.39, 0.29) is 29.5 Å². The average Bonchev–Trinajstić information content (AvgIpc) is 2.72. The van der Waals surface area contributed by atoms with Crippen LogP contribution in [0.1, 0.15) is 31.2 Å². The lowest BCUT2D eigenvalue weighted by Gasteiger charge is -2.28. The normalized spacial score (nSPS) is 20.3. The lowest BCUT2D eigenvalue weighted by Crippen LogP contribution is -2.40. The first-order chi connectivity index (χ1) is 14.6. The Morgan fingerprint density at radius 2 is 1.94 bits per heavy atom. The molecule has 1 aromatic carbocycles. The molecule has 2 atom stereocenters. The number of amides is 1. The summed E-state index contributed by atoms with van der Waals surface area (Å²) in [5.41, 5.74) is 9.19. The molecular formula is C19H26F3N7O2. The van der Waals surface area contributed by atoms with Crippen LogP contribution in [0.4, 0.5) is 18.9 Å². The second-order valence-electron chi connectivity index (χ2n) is 6.97. The summed E-state index contributed by atoms with van der Waals surface area (Å²) in [7, 11) is 2.93. The fourth-order valence-corrected chi connectivity index (χ4v) is 3.32. The number of hydrogen-bond donors (Lipinski definition) is 5. The molecule has 2 rings (SSSR count). The van der Waals surface area contributed by atoms with Crippen LogP contribution in [0.15, 0.2) is 28.2 Å². The number of nitrogens with two attached hydrogens (primary N) is 2. The number of carbonyl (C=O) groups is 1. The fourth-order valence-electron chi connectivity index (χ4n) is 3.32. The van der Waals surface area contributed by atoms with Crippen molar-refractivity contribution in [2.45, 2.75) is 43.9 Å². The summed E-state index contributed by atoms with van der Waals surface area (Å²) in [6.07, 6.45) is -0.960. The number of methoxy groups -OCH3 is 1. The highest BCUT2D eigenvalue weighted by molar-refractivity contribution is 6.67. The molecule has 0 bridgehead atoms. The number of nitrogens with one attached hydrogen (secondary N) is 3. The van der Waals surface area contributed by atoms with Gasteiger partial charge in [-0.25, -0.2) is 4.99 Å². The lowest BCUT2D eigenvalue weighted by molar-refractivity contribution is -0.138. The molecule has 0 heterocycles. The van der Waals surface area contributed by atoms with E-state index in [9.17, 15) is 18.0 Å². The maximum Gasteiger partial charge on any atom is 0.420 e. The highest BCUT2D eigenvalue weighted by Gasteiger charge is 2.34. The number of alkyl halides is 3. The summed E-state index contributed by atoms with van der Waals surface area (Å²) in [5, 5.41) is 13.5. The molecule has 0 saturated heterocycles. The number of halogens is 3. The first-order valence-corrected chi connectivity index (χ1v) is 9.57. The number of amidine groups is 1. The summed E-state index contributed by atoms with van der Waals surface area (Å²) in [6, 6.07) is 3.11. The van der Waals surface area contributed by atoms with Crippen LogP contribution >= 0.6 is 0 Å². The third-order valence-electron chi connectivity index (χ3n) is 4.88. The van der Waals surface area contributed by atoms with E-state index in [4.69, 9.17) is 21.6 Å². The maximum absolute atomic E-state index is 13.3. The van der Waals surface area contributed by atoms with Crippen LogP contribution in [-0.4, -0.2) is 49.7 Å². The number of anilines is 1. The number of nitrogens with zero attached hydrogens (tertiary/aromatic N) is 2. The molecule has 1 aliphatic carbocycles. The van der Waals surface area contributed by atoms with Gasteiger partial charge in [-0.2, -0.15) is 18.2 Å². The number of benzene rings is 1. The Bertz CT molecular complexity index is 884. The van der Waals surface area contributed by atoms with Crippen LogP contribution in [0.3, 0.4) is 0 Å². The van der Waals surface area contributed by atoms with Crippen LogP contribution in [-0.2, 0) is 11.0 Å². The van der Waals surface area contributed by atoms with Crippen molar-refractivity contribution in [1.82, 2.24) is 5.32 Å². The van der Waals surface area contributed by atoms with E-state index in [1.54, 1.807) is 0 Å². The lowest BCUT2D eigenvalue weighted by atomic mass is 9.91. The average molecular weight is 441 g/mol. The first-order valence-electron chi connectivity index (χ1n) is 9.57. The van der Waals surface area contributed by atoms with Gasteiger partial charge in [0.05, 0.1) is 18.7 Å². The molecule has 12 heteroatoms. The van der Waals surface area contributed by atoms with E-state index in [0.717, 1.165) is 44.9 Å². The predicted octanol–water partition coefficient (Wildman–Crippen LogP) is 1.87. The van der Waals surface area contributed by atoms with Crippen LogP contribution in [0, 0.1) is 5.41 Å². The SMILES string of the molecule is CN[C@H]1CCCC[C@H]1N=C(N)N=C(Nc1ccc(OC)c(C(F)(F)F)c1)C(=N)C(N)=O. The summed E-state index contributed by atoms with van der Waals surface area (Å²) >= 11 is 0. The molecule has 1 aromatic rings. The molecule has 9 nitrogen and oxygen atoms in total. The molecule has 1 saturated carbocycles. The molecule has 0 radical (unpaired) electrons. The Balaban J connectivity index is 2.38. The van der Waals surface area contributed by atoms with Gasteiger partial charge < -0.3 is 26.8 Å². The molecule has 1 amide bonds. The minimum Gasteiger partial charge on any atom is -0.496 e. The van der Waals surface area contributed by atoms with Crippen molar-refractivity contribution in [3.05, 3.63) is 23.8 Å². The quantitative estimate of drug-likeness (QED) is 0.337. The van der Waals surface area contributed by atoms with Crippen LogP contribution in [0.25, 0.3) is 0 Å². The summed E-state index contributed by atoms with van der Waals surface area (Å²) in [6.45, 7) is 0. The highest BCUT2D eigenvalue weighted by Crippen LogP contribution is 2.37.